The third-order valence-corrected chi connectivity index (χ3v) is 7.35. The number of fused-ring (bicyclic) bond motifs is 1. The van der Waals surface area contributed by atoms with Gasteiger partial charge in [-0.2, -0.15) is 13.7 Å². The van der Waals surface area contributed by atoms with Crippen LogP contribution in [0.2, 0.25) is 15.1 Å². The molecule has 0 bridgehead atoms. The summed E-state index contributed by atoms with van der Waals surface area (Å²) in [6.45, 7) is 0. The predicted octanol–water partition coefficient (Wildman–Crippen LogP) is 5.91. The molecule has 0 spiro atoms. The van der Waals surface area contributed by atoms with E-state index in [1.54, 1.807) is 0 Å². The van der Waals surface area contributed by atoms with Gasteiger partial charge < -0.3 is 14.7 Å². The first-order valence-electron chi connectivity index (χ1n) is 9.27. The molecule has 1 aliphatic heterocycles. The number of rotatable bonds is 4. The number of ether oxygens (including phenoxy) is 1. The van der Waals surface area contributed by atoms with Crippen LogP contribution in [0.25, 0.3) is 0 Å². The number of nitriles is 1. The smallest absolute Gasteiger partial charge is 0.340 e. The summed E-state index contributed by atoms with van der Waals surface area (Å²) in [5.41, 5.74) is 6.45. The van der Waals surface area contributed by atoms with E-state index in [0.717, 1.165) is 18.2 Å². The fourth-order valence-electron chi connectivity index (χ4n) is 3.39. The van der Waals surface area contributed by atoms with Gasteiger partial charge in [-0.3, -0.25) is 0 Å². The molecule has 0 fully saturated rings. The zero-order valence-electron chi connectivity index (χ0n) is 16.7. The molecular formula is C22H11Cl3F2N2O4S. The van der Waals surface area contributed by atoms with E-state index in [0.29, 0.717) is 5.56 Å². The lowest BCUT2D eigenvalue weighted by atomic mass is 9.83. The predicted molar refractivity (Wildman–Crippen MR) is 121 cm³/mol. The van der Waals surface area contributed by atoms with Crippen molar-refractivity contribution in [3.05, 3.63) is 97.8 Å². The Morgan fingerprint density at radius 3 is 2.35 bits per heavy atom. The molecule has 1 atom stereocenters. The molecule has 0 amide bonds. The third-order valence-electron chi connectivity index (χ3n) is 4.92. The summed E-state index contributed by atoms with van der Waals surface area (Å²) in [7, 11) is -4.43. The Balaban J connectivity index is 1.75. The zero-order valence-corrected chi connectivity index (χ0v) is 19.7. The van der Waals surface area contributed by atoms with Crippen LogP contribution in [0.3, 0.4) is 0 Å². The van der Waals surface area contributed by atoms with Gasteiger partial charge in [0.05, 0.1) is 21.0 Å². The van der Waals surface area contributed by atoms with Crippen LogP contribution in [0.15, 0.2) is 64.9 Å². The van der Waals surface area contributed by atoms with E-state index >= 15 is 0 Å². The number of nitrogens with zero attached hydrogens (tertiary/aromatic N) is 1. The van der Waals surface area contributed by atoms with Crippen molar-refractivity contribution in [2.45, 2.75) is 10.8 Å². The quantitative estimate of drug-likeness (QED) is 0.324. The molecule has 12 heteroatoms. The van der Waals surface area contributed by atoms with Gasteiger partial charge in [-0.15, -0.1) is 0 Å². The Hall–Kier alpha value is -3.03. The first-order valence-corrected chi connectivity index (χ1v) is 11.8. The second kappa shape index (κ2) is 8.96. The highest BCUT2D eigenvalue weighted by Gasteiger charge is 2.32. The molecule has 0 aromatic heterocycles. The maximum absolute atomic E-state index is 13.9. The molecule has 1 heterocycles. The Morgan fingerprint density at radius 1 is 0.971 bits per heavy atom. The average molecular weight is 544 g/mol. The lowest BCUT2D eigenvalue weighted by molar-refractivity contribution is 0.391. The summed E-state index contributed by atoms with van der Waals surface area (Å²) in [5.74, 6) is -3.44. The van der Waals surface area contributed by atoms with Crippen LogP contribution in [-0.2, 0) is 10.1 Å². The molecule has 4 rings (SSSR count). The van der Waals surface area contributed by atoms with Gasteiger partial charge in [0, 0.05) is 11.6 Å². The van der Waals surface area contributed by atoms with E-state index in [2.05, 4.69) is 0 Å². The van der Waals surface area contributed by atoms with Crippen molar-refractivity contribution in [2.24, 2.45) is 5.73 Å². The number of benzene rings is 3. The van der Waals surface area contributed by atoms with Crippen molar-refractivity contribution in [3.63, 3.8) is 0 Å². The minimum atomic E-state index is -4.43. The molecule has 1 unspecified atom stereocenters. The van der Waals surface area contributed by atoms with Crippen LogP contribution >= 0.6 is 34.8 Å². The lowest BCUT2D eigenvalue weighted by Gasteiger charge is -2.26. The maximum atomic E-state index is 13.9. The van der Waals surface area contributed by atoms with Gasteiger partial charge in [-0.05, 0) is 35.9 Å². The summed E-state index contributed by atoms with van der Waals surface area (Å²) in [5, 5.41) is 9.39. The van der Waals surface area contributed by atoms with E-state index < -0.39 is 32.6 Å². The van der Waals surface area contributed by atoms with E-state index in [1.807, 2.05) is 6.07 Å². The minimum Gasteiger partial charge on any atom is -0.440 e. The van der Waals surface area contributed by atoms with E-state index in [1.165, 1.54) is 30.3 Å². The summed E-state index contributed by atoms with van der Waals surface area (Å²) in [6.07, 6.45) is 0. The summed E-state index contributed by atoms with van der Waals surface area (Å²) in [4.78, 5) is -0.409. The highest BCUT2D eigenvalue weighted by Crippen LogP contribution is 2.44. The van der Waals surface area contributed by atoms with Crippen molar-refractivity contribution >= 4 is 44.9 Å². The van der Waals surface area contributed by atoms with Crippen molar-refractivity contribution in [1.29, 1.82) is 5.26 Å². The minimum absolute atomic E-state index is 0.0256. The zero-order chi connectivity index (χ0) is 24.8. The Bertz CT molecular complexity index is 1520. The van der Waals surface area contributed by atoms with Gasteiger partial charge in [0.1, 0.15) is 28.0 Å². The van der Waals surface area contributed by atoms with Crippen LogP contribution in [0.5, 0.6) is 11.5 Å². The van der Waals surface area contributed by atoms with E-state index in [-0.39, 0.29) is 43.6 Å². The first kappa shape index (κ1) is 24.1. The number of hydrogen-bond acceptors (Lipinski definition) is 6. The van der Waals surface area contributed by atoms with Crippen LogP contribution < -0.4 is 14.7 Å². The lowest BCUT2D eigenvalue weighted by Crippen LogP contribution is -2.21. The summed E-state index contributed by atoms with van der Waals surface area (Å²) in [6, 6.07) is 11.3. The van der Waals surface area contributed by atoms with Crippen molar-refractivity contribution in [3.8, 4) is 17.6 Å². The van der Waals surface area contributed by atoms with Crippen LogP contribution in [0.1, 0.15) is 17.0 Å². The fourth-order valence-corrected chi connectivity index (χ4v) is 5.29. The number of halogens is 5. The topological polar surface area (TPSA) is 102 Å². The molecular weight excluding hydrogens is 533 g/mol. The molecule has 2 N–H and O–H groups in total. The highest BCUT2D eigenvalue weighted by molar-refractivity contribution is 7.87. The van der Waals surface area contributed by atoms with Crippen molar-refractivity contribution in [1.82, 2.24) is 0 Å². The average Bonchev–Trinajstić information content (AvgIpc) is 2.76. The van der Waals surface area contributed by atoms with Crippen molar-refractivity contribution < 1.29 is 26.1 Å². The number of hydrogen-bond donors (Lipinski definition) is 1. The van der Waals surface area contributed by atoms with Gasteiger partial charge in [0.25, 0.3) is 0 Å². The fraction of sp³-hybridized carbons (Fsp3) is 0.0455. The number of nitrogens with two attached hydrogens (primary N) is 1. The monoisotopic (exact) mass is 542 g/mol. The normalized spacial score (nSPS) is 15.4. The molecule has 1 aliphatic rings. The summed E-state index contributed by atoms with van der Waals surface area (Å²) >= 11 is 17.7. The molecule has 34 heavy (non-hydrogen) atoms. The second-order valence-electron chi connectivity index (χ2n) is 7.03. The first-order chi connectivity index (χ1) is 16.0. The molecule has 0 saturated heterocycles. The van der Waals surface area contributed by atoms with Gasteiger partial charge in [0.2, 0.25) is 5.88 Å². The largest absolute Gasteiger partial charge is 0.440 e. The molecule has 0 radical (unpaired) electrons. The second-order valence-corrected chi connectivity index (χ2v) is 9.77. The van der Waals surface area contributed by atoms with E-state index in [9.17, 15) is 22.5 Å². The molecule has 0 saturated carbocycles. The highest BCUT2D eigenvalue weighted by atomic mass is 35.5. The SMILES string of the molecule is N#CC1=C(N)Oc2cc(OS(=O)(=O)c3cc(Cl)c(Cl)cc3Cl)ccc2C1c1ccc(F)c(F)c1. The maximum Gasteiger partial charge on any atom is 0.340 e. The van der Waals surface area contributed by atoms with Gasteiger partial charge in [-0.1, -0.05) is 46.9 Å². The van der Waals surface area contributed by atoms with Crippen LogP contribution in [0, 0.1) is 23.0 Å². The van der Waals surface area contributed by atoms with Crippen LogP contribution in [-0.4, -0.2) is 8.42 Å². The number of allylic oxidation sites excluding steroid dienone is 1. The third kappa shape index (κ3) is 4.38. The summed E-state index contributed by atoms with van der Waals surface area (Å²) < 4.78 is 63.5. The van der Waals surface area contributed by atoms with Crippen LogP contribution in [0.4, 0.5) is 8.78 Å². The molecule has 3 aromatic carbocycles. The van der Waals surface area contributed by atoms with E-state index in [4.69, 9.17) is 49.5 Å². The molecule has 3 aromatic rings. The molecule has 174 valence electrons. The standard InChI is InChI=1S/C22H11Cl3F2N2O4S/c23-14-7-16(25)20(8-15(14)24)34(30,31)33-11-2-3-12-19(6-11)32-22(29)13(9-28)21(12)10-1-4-17(26)18(27)5-10/h1-8,21H,29H2. The van der Waals surface area contributed by atoms with Gasteiger partial charge in [-0.25, -0.2) is 8.78 Å². The Labute approximate surface area is 207 Å². The van der Waals surface area contributed by atoms with Gasteiger partial charge >= 0.3 is 10.1 Å². The Kier molecular flexibility index (Phi) is 6.36. The Morgan fingerprint density at radius 2 is 1.68 bits per heavy atom. The van der Waals surface area contributed by atoms with Gasteiger partial charge in [0.15, 0.2) is 11.6 Å². The molecule has 0 aliphatic carbocycles. The van der Waals surface area contributed by atoms with Crippen molar-refractivity contribution in [2.75, 3.05) is 0 Å². The molecule has 6 nitrogen and oxygen atoms in total.